The van der Waals surface area contributed by atoms with Crippen LogP contribution in [-0.4, -0.2) is 16.1 Å². The lowest BCUT2D eigenvalue weighted by Crippen LogP contribution is -2.12. The Morgan fingerprint density at radius 1 is 1.47 bits per heavy atom. The number of carbonyl (C=O) groups is 1. The van der Waals surface area contributed by atoms with E-state index in [4.69, 9.17) is 5.11 Å². The fraction of sp³-hybridized carbons (Fsp3) is 0.250. The van der Waals surface area contributed by atoms with Crippen LogP contribution >= 0.6 is 22.6 Å². The van der Waals surface area contributed by atoms with E-state index in [2.05, 4.69) is 4.98 Å². The van der Waals surface area contributed by atoms with Crippen LogP contribution in [0.4, 0.5) is 13.2 Å². The van der Waals surface area contributed by atoms with Gasteiger partial charge in [-0.15, -0.1) is 0 Å². The summed E-state index contributed by atoms with van der Waals surface area (Å²) in [7, 11) is 0. The number of hydrogen-bond acceptors (Lipinski definition) is 2. The monoisotopic (exact) mass is 331 g/mol. The molecule has 0 aliphatic rings. The number of rotatable bonds is 2. The zero-order valence-corrected chi connectivity index (χ0v) is 9.33. The third-order valence-electron chi connectivity index (χ3n) is 1.60. The molecule has 0 unspecified atom stereocenters. The molecule has 0 radical (unpaired) electrons. The van der Waals surface area contributed by atoms with Crippen LogP contribution in [-0.2, 0) is 17.4 Å². The number of aromatic nitrogens is 1. The fourth-order valence-corrected chi connectivity index (χ4v) is 1.75. The molecule has 0 bridgehead atoms. The summed E-state index contributed by atoms with van der Waals surface area (Å²) in [5.41, 5.74) is -0.834. The largest absolute Gasteiger partial charge is 0.481 e. The number of pyridine rings is 1. The maximum atomic E-state index is 12.4. The van der Waals surface area contributed by atoms with Crippen LogP contribution in [0.5, 0.6) is 0 Å². The third kappa shape index (κ3) is 3.05. The zero-order valence-electron chi connectivity index (χ0n) is 7.18. The standard InChI is InChI=1S/C8H5F3INO2/c9-8(10,11)5-3-13-2-4(7(5)12)1-6(14)15/h2-3H,1H2,(H,14,15). The summed E-state index contributed by atoms with van der Waals surface area (Å²) in [6.45, 7) is 0. The van der Waals surface area contributed by atoms with Crippen LogP contribution in [0.2, 0.25) is 0 Å². The van der Waals surface area contributed by atoms with Gasteiger partial charge in [0.05, 0.1) is 12.0 Å². The van der Waals surface area contributed by atoms with Crippen molar-refractivity contribution < 1.29 is 23.1 Å². The Morgan fingerprint density at radius 3 is 2.53 bits per heavy atom. The molecule has 3 nitrogen and oxygen atoms in total. The number of alkyl halides is 3. The number of hydrogen-bond donors (Lipinski definition) is 1. The smallest absolute Gasteiger partial charge is 0.418 e. The SMILES string of the molecule is O=C(O)Cc1cncc(C(F)(F)F)c1I. The molecular weight excluding hydrogens is 326 g/mol. The first-order chi connectivity index (χ1) is 6.82. The summed E-state index contributed by atoms with van der Waals surface area (Å²) in [6.07, 6.45) is -3.15. The Kier molecular flexibility index (Phi) is 3.53. The Balaban J connectivity index is 3.17. The van der Waals surface area contributed by atoms with Gasteiger partial charge in [0, 0.05) is 16.0 Å². The Bertz CT molecular complexity index is 392. The first-order valence-corrected chi connectivity index (χ1v) is 4.81. The summed E-state index contributed by atoms with van der Waals surface area (Å²) in [4.78, 5) is 13.7. The molecular formula is C8H5F3INO2. The van der Waals surface area contributed by atoms with Crippen molar-refractivity contribution in [3.63, 3.8) is 0 Å². The van der Waals surface area contributed by atoms with Crippen LogP contribution in [0.25, 0.3) is 0 Å². The molecule has 82 valence electrons. The molecule has 7 heteroatoms. The van der Waals surface area contributed by atoms with Crippen molar-refractivity contribution in [3.8, 4) is 0 Å². The Morgan fingerprint density at radius 2 is 2.07 bits per heavy atom. The minimum Gasteiger partial charge on any atom is -0.481 e. The summed E-state index contributed by atoms with van der Waals surface area (Å²) in [6, 6.07) is 0. The minimum atomic E-state index is -4.50. The second-order valence-electron chi connectivity index (χ2n) is 2.73. The summed E-state index contributed by atoms with van der Waals surface area (Å²) in [5, 5.41) is 8.47. The first-order valence-electron chi connectivity index (χ1n) is 3.73. The average Bonchev–Trinajstić information content (AvgIpc) is 2.05. The summed E-state index contributed by atoms with van der Waals surface area (Å²) >= 11 is 1.48. The topological polar surface area (TPSA) is 50.2 Å². The number of halogens is 4. The summed E-state index contributed by atoms with van der Waals surface area (Å²) < 4.78 is 37.0. The highest BCUT2D eigenvalue weighted by atomic mass is 127. The minimum absolute atomic E-state index is 0.0675. The molecule has 0 aliphatic heterocycles. The molecule has 0 saturated carbocycles. The molecule has 1 heterocycles. The summed E-state index contributed by atoms with van der Waals surface area (Å²) in [5.74, 6) is -1.19. The van der Waals surface area contributed by atoms with E-state index >= 15 is 0 Å². The van der Waals surface area contributed by atoms with Gasteiger partial charge >= 0.3 is 12.1 Å². The van der Waals surface area contributed by atoms with Crippen LogP contribution < -0.4 is 0 Å². The molecule has 0 aromatic carbocycles. The van der Waals surface area contributed by atoms with E-state index in [1.165, 1.54) is 22.6 Å². The molecule has 1 N–H and O–H groups in total. The predicted molar refractivity (Wildman–Crippen MR) is 53.3 cm³/mol. The van der Waals surface area contributed by atoms with Crippen molar-refractivity contribution in [2.45, 2.75) is 12.6 Å². The molecule has 0 aliphatic carbocycles. The molecule has 0 fully saturated rings. The number of aliphatic carboxylic acids is 1. The van der Waals surface area contributed by atoms with Crippen molar-refractivity contribution in [2.75, 3.05) is 0 Å². The van der Waals surface area contributed by atoms with Crippen LogP contribution in [0.1, 0.15) is 11.1 Å². The van der Waals surface area contributed by atoms with E-state index in [-0.39, 0.29) is 9.13 Å². The van der Waals surface area contributed by atoms with Gasteiger partial charge in [0.1, 0.15) is 0 Å². The van der Waals surface area contributed by atoms with Crippen LogP contribution in [0, 0.1) is 3.57 Å². The number of carboxylic acid groups (broad SMARTS) is 1. The lowest BCUT2D eigenvalue weighted by molar-refractivity contribution is -0.139. The van der Waals surface area contributed by atoms with Crippen molar-refractivity contribution in [1.29, 1.82) is 0 Å². The van der Waals surface area contributed by atoms with E-state index in [9.17, 15) is 18.0 Å². The van der Waals surface area contributed by atoms with Gasteiger partial charge in [-0.3, -0.25) is 9.78 Å². The Hall–Kier alpha value is -0.860. The number of carboxylic acids is 1. The van der Waals surface area contributed by atoms with Gasteiger partial charge in [-0.25, -0.2) is 0 Å². The molecule has 15 heavy (non-hydrogen) atoms. The molecule has 1 rings (SSSR count). The van der Waals surface area contributed by atoms with E-state index in [1.54, 1.807) is 0 Å². The van der Waals surface area contributed by atoms with Gasteiger partial charge in [-0.05, 0) is 28.2 Å². The molecule has 0 atom stereocenters. The van der Waals surface area contributed by atoms with E-state index in [1.807, 2.05) is 0 Å². The third-order valence-corrected chi connectivity index (χ3v) is 2.87. The van der Waals surface area contributed by atoms with Crippen molar-refractivity contribution in [1.82, 2.24) is 4.98 Å². The van der Waals surface area contributed by atoms with E-state index in [0.717, 1.165) is 6.20 Å². The molecule has 1 aromatic rings. The van der Waals surface area contributed by atoms with E-state index in [0.29, 0.717) is 6.20 Å². The maximum Gasteiger partial charge on any atom is 0.418 e. The fourth-order valence-electron chi connectivity index (χ4n) is 0.972. The molecule has 0 amide bonds. The quantitative estimate of drug-likeness (QED) is 0.847. The normalized spacial score (nSPS) is 11.5. The zero-order chi connectivity index (χ0) is 11.6. The van der Waals surface area contributed by atoms with Gasteiger partial charge in [0.2, 0.25) is 0 Å². The highest BCUT2D eigenvalue weighted by Crippen LogP contribution is 2.33. The Labute approximate surface area is 96.5 Å². The number of nitrogens with zero attached hydrogens (tertiary/aromatic N) is 1. The van der Waals surface area contributed by atoms with Crippen molar-refractivity contribution >= 4 is 28.6 Å². The van der Waals surface area contributed by atoms with Gasteiger partial charge in [-0.2, -0.15) is 13.2 Å². The molecule has 0 saturated heterocycles. The van der Waals surface area contributed by atoms with Gasteiger partial charge < -0.3 is 5.11 Å². The lowest BCUT2D eigenvalue weighted by Gasteiger charge is -2.10. The van der Waals surface area contributed by atoms with Crippen LogP contribution in [0.3, 0.4) is 0 Å². The van der Waals surface area contributed by atoms with Gasteiger partial charge in [0.25, 0.3) is 0 Å². The second kappa shape index (κ2) is 4.33. The average molecular weight is 331 g/mol. The van der Waals surface area contributed by atoms with Gasteiger partial charge in [0.15, 0.2) is 0 Å². The van der Waals surface area contributed by atoms with Crippen molar-refractivity contribution in [2.24, 2.45) is 0 Å². The lowest BCUT2D eigenvalue weighted by atomic mass is 10.1. The van der Waals surface area contributed by atoms with E-state index < -0.39 is 24.1 Å². The maximum absolute atomic E-state index is 12.4. The van der Waals surface area contributed by atoms with Crippen LogP contribution in [0.15, 0.2) is 12.4 Å². The molecule has 0 spiro atoms. The first kappa shape index (κ1) is 12.2. The predicted octanol–water partition coefficient (Wildman–Crippen LogP) is 2.33. The second-order valence-corrected chi connectivity index (χ2v) is 3.81. The molecule has 1 aromatic heterocycles. The highest BCUT2D eigenvalue weighted by Gasteiger charge is 2.34. The highest BCUT2D eigenvalue weighted by molar-refractivity contribution is 14.1. The van der Waals surface area contributed by atoms with Crippen molar-refractivity contribution in [3.05, 3.63) is 27.1 Å². The van der Waals surface area contributed by atoms with Gasteiger partial charge in [-0.1, -0.05) is 0 Å².